The van der Waals surface area contributed by atoms with Gasteiger partial charge in [-0.1, -0.05) is 160 Å². The van der Waals surface area contributed by atoms with Gasteiger partial charge in [0.25, 0.3) is 6.71 Å². The molecule has 0 spiro atoms. The predicted molar refractivity (Wildman–Crippen MR) is 299 cm³/mol. The van der Waals surface area contributed by atoms with E-state index in [0.29, 0.717) is 0 Å². The van der Waals surface area contributed by atoms with Crippen LogP contribution in [0.15, 0.2) is 83.3 Å². The van der Waals surface area contributed by atoms with E-state index < -0.39 is 0 Å². The highest BCUT2D eigenvalue weighted by Gasteiger charge is 2.53. The molecule has 69 heavy (non-hydrogen) atoms. The first-order valence-electron chi connectivity index (χ1n) is 26.3. The van der Waals surface area contributed by atoms with Crippen molar-refractivity contribution in [3.63, 3.8) is 0 Å². The zero-order chi connectivity index (χ0) is 50.1. The van der Waals surface area contributed by atoms with Gasteiger partial charge in [0.1, 0.15) is 5.76 Å². The average Bonchev–Trinajstić information content (AvgIpc) is 3.66. The summed E-state index contributed by atoms with van der Waals surface area (Å²) in [5.74, 6) is 1.17. The third-order valence-corrected chi connectivity index (χ3v) is 17.4. The highest BCUT2D eigenvalue weighted by Crippen LogP contribution is 2.57. The number of benzene rings is 5. The van der Waals surface area contributed by atoms with Crippen LogP contribution in [0.2, 0.25) is 0 Å². The van der Waals surface area contributed by atoms with Crippen molar-refractivity contribution in [2.24, 2.45) is 0 Å². The second kappa shape index (κ2) is 15.0. The molecule has 0 saturated carbocycles. The molecule has 1 aromatic heterocycles. The Labute approximate surface area is 417 Å². The fraction of sp³-hybridized carbons (Fsp3) is 0.477. The maximum atomic E-state index is 7.82. The molecule has 2 aliphatic heterocycles. The summed E-state index contributed by atoms with van der Waals surface area (Å²) >= 11 is 0. The van der Waals surface area contributed by atoms with Crippen LogP contribution in [0.1, 0.15) is 199 Å². The molecule has 6 aromatic rings. The zero-order valence-electron chi connectivity index (χ0n) is 46.2. The number of hydrogen-bond acceptors (Lipinski definition) is 3. The lowest BCUT2D eigenvalue weighted by Crippen LogP contribution is -2.61. The van der Waals surface area contributed by atoms with E-state index in [4.69, 9.17) is 4.42 Å². The van der Waals surface area contributed by atoms with Crippen LogP contribution in [0.3, 0.4) is 0 Å². The molecule has 0 bridgehead atoms. The van der Waals surface area contributed by atoms with Crippen molar-refractivity contribution >= 4 is 57.4 Å². The molecule has 0 N–H and O–H groups in total. The van der Waals surface area contributed by atoms with Crippen LogP contribution in [0.25, 0.3) is 11.1 Å². The summed E-state index contributed by atoms with van der Waals surface area (Å²) in [7, 11) is 0. The quantitative estimate of drug-likeness (QED) is 0.165. The number of hydrogen-bond donors (Lipinski definition) is 0. The third kappa shape index (κ3) is 7.41. The molecule has 0 amide bonds. The van der Waals surface area contributed by atoms with E-state index >= 15 is 0 Å². The van der Waals surface area contributed by atoms with Crippen LogP contribution < -0.4 is 26.4 Å². The largest absolute Gasteiger partial charge is 0.472 e. The number of aryl methyl sites for hydroxylation is 3. The van der Waals surface area contributed by atoms with Crippen LogP contribution >= 0.6 is 0 Å². The van der Waals surface area contributed by atoms with E-state index in [-0.39, 0.29) is 44.6 Å². The first-order chi connectivity index (χ1) is 31.8. The van der Waals surface area contributed by atoms with Gasteiger partial charge in [-0.2, -0.15) is 0 Å². The molecule has 0 saturated heterocycles. The van der Waals surface area contributed by atoms with Gasteiger partial charge in [0, 0.05) is 39.3 Å². The molecule has 4 aliphatic rings. The van der Waals surface area contributed by atoms with Crippen molar-refractivity contribution in [3.05, 3.63) is 135 Å². The van der Waals surface area contributed by atoms with Gasteiger partial charge in [-0.05, 0) is 177 Å². The zero-order valence-corrected chi connectivity index (χ0v) is 46.2. The molecule has 10 rings (SSSR count). The smallest absolute Gasteiger partial charge is 0.297 e. The van der Waals surface area contributed by atoms with Crippen molar-refractivity contribution in [1.82, 2.24) is 0 Å². The van der Waals surface area contributed by atoms with Gasteiger partial charge in [0.05, 0.1) is 17.0 Å². The standard InChI is InChI=1S/C65H81BN2O/c1-38-31-39(2)53(40(3)32-38)45-33-42(60(7,8)9)23-26-49(45)68-50-37-47-46(62(13,14)27-28-63(47,15)16)36-48(50)66-55-51(34-43(35-52(55)68)61(10,11)12)67(44-24-21-41(22-25-44)59(4,5)6)56-54-57(69-58(56)66)65(19,20)30-29-64(54,17)18/h21-26,31-37H,27-30H2,1-20H3. The monoisotopic (exact) mass is 917 g/mol. The van der Waals surface area contributed by atoms with Gasteiger partial charge >= 0.3 is 0 Å². The molecule has 360 valence electrons. The van der Waals surface area contributed by atoms with Crippen LogP contribution in [-0.2, 0) is 37.9 Å². The average molecular weight is 917 g/mol. The van der Waals surface area contributed by atoms with E-state index in [0.717, 1.165) is 31.3 Å². The number of anilines is 6. The van der Waals surface area contributed by atoms with E-state index in [1.807, 2.05) is 0 Å². The van der Waals surface area contributed by atoms with Gasteiger partial charge in [-0.3, -0.25) is 0 Å². The van der Waals surface area contributed by atoms with E-state index in [9.17, 15) is 0 Å². The second-order valence-electron chi connectivity index (χ2n) is 27.8. The summed E-state index contributed by atoms with van der Waals surface area (Å²) in [4.78, 5) is 5.38. The Morgan fingerprint density at radius 2 is 1.00 bits per heavy atom. The third-order valence-electron chi connectivity index (χ3n) is 17.4. The molecule has 5 aromatic carbocycles. The Kier molecular flexibility index (Phi) is 10.4. The number of fused-ring (bicyclic) bond motifs is 7. The normalized spacial score (nSPS) is 18.6. The topological polar surface area (TPSA) is 19.6 Å². The fourth-order valence-electron chi connectivity index (χ4n) is 12.9. The first kappa shape index (κ1) is 47.7. The SMILES string of the molecule is Cc1cc(C)c(-c2cc(C(C)(C)C)ccc2N2c3cc4c(cc3B3c5oc6c(c5N(c5ccc(C(C)(C)C)cc5)c5cc(C(C)(C)C)cc2c53)C(C)(C)CCC6(C)C)C(C)(C)CCC4(C)C)c(C)c1. The van der Waals surface area contributed by atoms with Crippen molar-refractivity contribution in [1.29, 1.82) is 0 Å². The summed E-state index contributed by atoms with van der Waals surface area (Å²) in [6.45, 7) is 47.7. The molecular weight excluding hydrogens is 836 g/mol. The molecule has 0 atom stereocenters. The van der Waals surface area contributed by atoms with Gasteiger partial charge in [0.2, 0.25) is 0 Å². The molecule has 3 nitrogen and oxygen atoms in total. The Morgan fingerprint density at radius 1 is 0.493 bits per heavy atom. The minimum atomic E-state index is -0.142. The number of furan rings is 1. The summed E-state index contributed by atoms with van der Waals surface area (Å²) in [6, 6.07) is 32.2. The summed E-state index contributed by atoms with van der Waals surface area (Å²) in [5.41, 5.74) is 25.9. The summed E-state index contributed by atoms with van der Waals surface area (Å²) < 4.78 is 7.82. The van der Waals surface area contributed by atoms with Crippen LogP contribution in [0.4, 0.5) is 34.1 Å². The van der Waals surface area contributed by atoms with Gasteiger partial charge in [-0.15, -0.1) is 0 Å². The minimum Gasteiger partial charge on any atom is -0.472 e. The van der Waals surface area contributed by atoms with Crippen molar-refractivity contribution in [2.45, 2.75) is 202 Å². The minimum absolute atomic E-state index is 0.0128. The van der Waals surface area contributed by atoms with E-state index in [1.54, 1.807) is 0 Å². The lowest BCUT2D eigenvalue weighted by molar-refractivity contribution is 0.282. The molecule has 4 heteroatoms. The van der Waals surface area contributed by atoms with Crippen LogP contribution in [0, 0.1) is 20.8 Å². The van der Waals surface area contributed by atoms with Crippen LogP contribution in [0.5, 0.6) is 0 Å². The van der Waals surface area contributed by atoms with Crippen molar-refractivity contribution < 1.29 is 4.42 Å². The molecule has 3 heterocycles. The van der Waals surface area contributed by atoms with Gasteiger partial charge < -0.3 is 14.2 Å². The maximum Gasteiger partial charge on any atom is 0.297 e. The number of rotatable bonds is 3. The van der Waals surface area contributed by atoms with Crippen molar-refractivity contribution in [2.75, 3.05) is 9.80 Å². The van der Waals surface area contributed by atoms with Crippen molar-refractivity contribution in [3.8, 4) is 11.1 Å². The Morgan fingerprint density at radius 3 is 1.57 bits per heavy atom. The highest BCUT2D eigenvalue weighted by atomic mass is 16.3. The van der Waals surface area contributed by atoms with Gasteiger partial charge in [0.15, 0.2) is 0 Å². The summed E-state index contributed by atoms with van der Waals surface area (Å²) in [6.07, 6.45) is 4.50. The Bertz CT molecular complexity index is 3070. The number of nitrogens with zero attached hydrogens (tertiary/aromatic N) is 2. The van der Waals surface area contributed by atoms with Crippen LogP contribution in [-0.4, -0.2) is 6.71 Å². The van der Waals surface area contributed by atoms with Gasteiger partial charge in [-0.25, -0.2) is 0 Å². The molecule has 0 radical (unpaired) electrons. The molecular formula is C65H81BN2O. The Balaban J connectivity index is 1.41. The second-order valence-corrected chi connectivity index (χ2v) is 27.8. The lowest BCUT2D eigenvalue weighted by Gasteiger charge is -2.47. The predicted octanol–water partition coefficient (Wildman–Crippen LogP) is 16.5. The molecule has 2 aliphatic carbocycles. The Hall–Kier alpha value is -4.96. The molecule has 0 unspecified atom stereocenters. The van der Waals surface area contributed by atoms with E-state index in [1.165, 1.54) is 112 Å². The first-order valence-corrected chi connectivity index (χ1v) is 26.3. The maximum absolute atomic E-state index is 7.82. The molecule has 0 fully saturated rings. The summed E-state index contributed by atoms with van der Waals surface area (Å²) in [5, 5.41) is 0. The lowest BCUT2D eigenvalue weighted by atomic mass is 9.34. The van der Waals surface area contributed by atoms with E-state index in [2.05, 4.69) is 227 Å². The highest BCUT2D eigenvalue weighted by molar-refractivity contribution is 6.99. The fourth-order valence-corrected chi connectivity index (χ4v) is 12.9.